The van der Waals surface area contributed by atoms with Gasteiger partial charge in [0, 0.05) is 24.7 Å². The standard InChI is InChI=1S/C18H20N2O6S/c1-24-13-4-3-12(14(10-13)25-2)9-15-17(22)20(18(23)27-15)11-16(21)19-5-7-26-8-6-19/h3-4,9-10H,5-8,11H2,1-2H3/b15-9-. The third kappa shape index (κ3) is 4.25. The molecule has 2 heterocycles. The van der Waals surface area contributed by atoms with Gasteiger partial charge < -0.3 is 19.1 Å². The Morgan fingerprint density at radius 3 is 2.63 bits per heavy atom. The molecule has 0 radical (unpaired) electrons. The van der Waals surface area contributed by atoms with Crippen LogP contribution in [0, 0.1) is 0 Å². The van der Waals surface area contributed by atoms with Crippen LogP contribution in [0.3, 0.4) is 0 Å². The van der Waals surface area contributed by atoms with Crippen LogP contribution in [0.4, 0.5) is 4.79 Å². The maximum Gasteiger partial charge on any atom is 0.294 e. The predicted molar refractivity (Wildman–Crippen MR) is 99.6 cm³/mol. The Kier molecular flexibility index (Phi) is 6.02. The molecule has 0 bridgehead atoms. The van der Waals surface area contributed by atoms with Gasteiger partial charge in [-0.2, -0.15) is 0 Å². The van der Waals surface area contributed by atoms with Gasteiger partial charge in [0.05, 0.1) is 32.3 Å². The zero-order valence-corrected chi connectivity index (χ0v) is 15.9. The summed E-state index contributed by atoms with van der Waals surface area (Å²) in [4.78, 5) is 40.0. The third-order valence-corrected chi connectivity index (χ3v) is 5.17. The monoisotopic (exact) mass is 392 g/mol. The number of carbonyl (C=O) groups excluding carboxylic acids is 3. The van der Waals surface area contributed by atoms with E-state index in [9.17, 15) is 14.4 Å². The quantitative estimate of drug-likeness (QED) is 0.704. The Hall–Kier alpha value is -2.52. The summed E-state index contributed by atoms with van der Waals surface area (Å²) >= 11 is 0.811. The second kappa shape index (κ2) is 8.45. The Labute approximate surface area is 161 Å². The van der Waals surface area contributed by atoms with E-state index in [4.69, 9.17) is 14.2 Å². The zero-order valence-electron chi connectivity index (χ0n) is 15.1. The number of ether oxygens (including phenoxy) is 3. The van der Waals surface area contributed by atoms with Crippen LogP contribution in [0.1, 0.15) is 5.56 Å². The average Bonchev–Trinajstić information content (AvgIpc) is 2.96. The number of hydrogen-bond acceptors (Lipinski definition) is 7. The second-order valence-electron chi connectivity index (χ2n) is 5.87. The molecular weight excluding hydrogens is 372 g/mol. The van der Waals surface area contributed by atoms with Crippen LogP contribution in [0.15, 0.2) is 23.1 Å². The number of rotatable bonds is 5. The number of imide groups is 1. The van der Waals surface area contributed by atoms with Crippen molar-refractivity contribution in [1.82, 2.24) is 9.80 Å². The molecule has 0 saturated carbocycles. The van der Waals surface area contributed by atoms with Gasteiger partial charge in [-0.05, 0) is 30.0 Å². The number of nitrogens with zero attached hydrogens (tertiary/aromatic N) is 2. The summed E-state index contributed by atoms with van der Waals surface area (Å²) in [6.07, 6.45) is 1.59. The van der Waals surface area contributed by atoms with Crippen molar-refractivity contribution in [2.75, 3.05) is 47.1 Å². The molecule has 3 amide bonds. The highest BCUT2D eigenvalue weighted by Gasteiger charge is 2.37. The first kappa shape index (κ1) is 19.2. The number of morpholine rings is 1. The Morgan fingerprint density at radius 1 is 1.22 bits per heavy atom. The van der Waals surface area contributed by atoms with Crippen LogP contribution < -0.4 is 9.47 Å². The average molecular weight is 392 g/mol. The van der Waals surface area contributed by atoms with Crippen molar-refractivity contribution in [2.24, 2.45) is 0 Å². The topological polar surface area (TPSA) is 85.4 Å². The van der Waals surface area contributed by atoms with E-state index < -0.39 is 11.1 Å². The molecule has 8 nitrogen and oxygen atoms in total. The highest BCUT2D eigenvalue weighted by atomic mass is 32.2. The van der Waals surface area contributed by atoms with Gasteiger partial charge in [-0.3, -0.25) is 19.3 Å². The van der Waals surface area contributed by atoms with E-state index >= 15 is 0 Å². The molecule has 0 spiro atoms. The lowest BCUT2D eigenvalue weighted by molar-refractivity contribution is -0.139. The molecule has 144 valence electrons. The van der Waals surface area contributed by atoms with E-state index in [2.05, 4.69) is 0 Å². The molecule has 0 unspecified atom stereocenters. The number of amides is 3. The van der Waals surface area contributed by atoms with Gasteiger partial charge in [0.15, 0.2) is 0 Å². The van der Waals surface area contributed by atoms with Crippen LogP contribution in [-0.2, 0) is 14.3 Å². The normalized spacial score (nSPS) is 19.0. The van der Waals surface area contributed by atoms with Crippen molar-refractivity contribution < 1.29 is 28.6 Å². The molecule has 3 rings (SSSR count). The van der Waals surface area contributed by atoms with Crippen LogP contribution in [0.2, 0.25) is 0 Å². The van der Waals surface area contributed by atoms with Crippen molar-refractivity contribution in [3.63, 3.8) is 0 Å². The molecule has 0 aromatic heterocycles. The van der Waals surface area contributed by atoms with Crippen LogP contribution in [-0.4, -0.2) is 73.9 Å². The molecule has 0 aliphatic carbocycles. The summed E-state index contributed by atoms with van der Waals surface area (Å²) in [5, 5.41) is -0.458. The molecule has 0 N–H and O–H groups in total. The summed E-state index contributed by atoms with van der Waals surface area (Å²) < 4.78 is 15.7. The van der Waals surface area contributed by atoms with E-state index in [0.29, 0.717) is 43.4 Å². The smallest absolute Gasteiger partial charge is 0.294 e. The molecule has 1 aromatic carbocycles. The molecule has 2 aliphatic rings. The maximum atomic E-state index is 12.6. The minimum absolute atomic E-state index is 0.248. The van der Waals surface area contributed by atoms with Gasteiger partial charge in [-0.15, -0.1) is 0 Å². The summed E-state index contributed by atoms with van der Waals surface area (Å²) in [7, 11) is 3.06. The fraction of sp³-hybridized carbons (Fsp3) is 0.389. The largest absolute Gasteiger partial charge is 0.497 e. The summed E-state index contributed by atoms with van der Waals surface area (Å²) in [5.74, 6) is 0.395. The summed E-state index contributed by atoms with van der Waals surface area (Å²) in [5.41, 5.74) is 0.642. The van der Waals surface area contributed by atoms with Crippen molar-refractivity contribution in [3.05, 3.63) is 28.7 Å². The van der Waals surface area contributed by atoms with Gasteiger partial charge in [0.25, 0.3) is 11.1 Å². The molecule has 1 aromatic rings. The predicted octanol–water partition coefficient (Wildman–Crippen LogP) is 1.60. The highest BCUT2D eigenvalue weighted by Crippen LogP contribution is 2.35. The molecule has 27 heavy (non-hydrogen) atoms. The molecular formula is C18H20N2O6S. The van der Waals surface area contributed by atoms with E-state index in [1.807, 2.05) is 0 Å². The third-order valence-electron chi connectivity index (χ3n) is 4.26. The zero-order chi connectivity index (χ0) is 19.4. The van der Waals surface area contributed by atoms with E-state index in [0.717, 1.165) is 16.7 Å². The highest BCUT2D eigenvalue weighted by molar-refractivity contribution is 8.18. The first-order chi connectivity index (χ1) is 13.0. The molecule has 2 fully saturated rings. The number of methoxy groups -OCH3 is 2. The SMILES string of the molecule is COc1ccc(/C=C2\SC(=O)N(CC(=O)N3CCOCC3)C2=O)c(OC)c1. The lowest BCUT2D eigenvalue weighted by Gasteiger charge is -2.28. The van der Waals surface area contributed by atoms with Crippen LogP contribution in [0.25, 0.3) is 6.08 Å². The van der Waals surface area contributed by atoms with Gasteiger partial charge >= 0.3 is 0 Å². The molecule has 0 atom stereocenters. The van der Waals surface area contributed by atoms with E-state index in [1.54, 1.807) is 36.3 Å². The lowest BCUT2D eigenvalue weighted by atomic mass is 10.1. The minimum Gasteiger partial charge on any atom is -0.497 e. The van der Waals surface area contributed by atoms with Crippen molar-refractivity contribution in [3.8, 4) is 11.5 Å². The van der Waals surface area contributed by atoms with Crippen LogP contribution >= 0.6 is 11.8 Å². The Morgan fingerprint density at radius 2 is 1.96 bits per heavy atom. The Balaban J connectivity index is 1.75. The molecule has 9 heteroatoms. The van der Waals surface area contributed by atoms with Gasteiger partial charge in [0.1, 0.15) is 18.0 Å². The summed E-state index contributed by atoms with van der Waals surface area (Å²) in [6.45, 7) is 1.60. The lowest BCUT2D eigenvalue weighted by Crippen LogP contribution is -2.46. The van der Waals surface area contributed by atoms with Gasteiger partial charge in [0.2, 0.25) is 5.91 Å². The number of thioether (sulfide) groups is 1. The molecule has 2 saturated heterocycles. The van der Waals surface area contributed by atoms with Gasteiger partial charge in [-0.1, -0.05) is 0 Å². The number of benzene rings is 1. The van der Waals surface area contributed by atoms with Gasteiger partial charge in [-0.25, -0.2) is 0 Å². The molecule has 2 aliphatic heterocycles. The fourth-order valence-corrected chi connectivity index (χ4v) is 3.59. The Bertz CT molecular complexity index is 788. The number of carbonyl (C=O) groups is 3. The first-order valence-electron chi connectivity index (χ1n) is 8.36. The van der Waals surface area contributed by atoms with Crippen molar-refractivity contribution in [1.29, 1.82) is 0 Å². The first-order valence-corrected chi connectivity index (χ1v) is 9.18. The van der Waals surface area contributed by atoms with E-state index in [1.165, 1.54) is 7.11 Å². The minimum atomic E-state index is -0.482. The summed E-state index contributed by atoms with van der Waals surface area (Å²) in [6, 6.07) is 5.17. The van der Waals surface area contributed by atoms with Crippen LogP contribution in [0.5, 0.6) is 11.5 Å². The van der Waals surface area contributed by atoms with Crippen molar-refractivity contribution in [2.45, 2.75) is 0 Å². The second-order valence-corrected chi connectivity index (χ2v) is 6.86. The maximum absolute atomic E-state index is 12.6. The van der Waals surface area contributed by atoms with Crippen molar-refractivity contribution >= 4 is 34.9 Å². The number of hydrogen-bond donors (Lipinski definition) is 0. The fourth-order valence-electron chi connectivity index (χ4n) is 2.76. The van der Waals surface area contributed by atoms with E-state index in [-0.39, 0.29) is 17.4 Å².